The number of nitrogens with zero attached hydrogens (tertiary/aromatic N) is 1. The number of hydrogen-bond acceptors (Lipinski definition) is 2. The van der Waals surface area contributed by atoms with Crippen molar-refractivity contribution in [3.8, 4) is 0 Å². The second kappa shape index (κ2) is 6.05. The van der Waals surface area contributed by atoms with Crippen molar-refractivity contribution in [2.45, 2.75) is 64.3 Å². The van der Waals surface area contributed by atoms with Crippen molar-refractivity contribution in [1.82, 2.24) is 10.2 Å². The van der Waals surface area contributed by atoms with E-state index in [0.717, 1.165) is 51.2 Å². The summed E-state index contributed by atoms with van der Waals surface area (Å²) in [5.74, 6) is 1.14. The molecule has 104 valence electrons. The predicted octanol–water partition coefficient (Wildman–Crippen LogP) is 2.56. The zero-order chi connectivity index (χ0) is 13.0. The SMILES string of the molecule is CCCC1(C(=O)N(CC)CC2CCC2)CCCN1. The third kappa shape index (κ3) is 2.71. The van der Waals surface area contributed by atoms with Gasteiger partial charge in [-0.1, -0.05) is 19.8 Å². The Morgan fingerprint density at radius 3 is 2.56 bits per heavy atom. The fourth-order valence-electron chi connectivity index (χ4n) is 3.38. The molecule has 1 heterocycles. The highest BCUT2D eigenvalue weighted by molar-refractivity contribution is 5.86. The van der Waals surface area contributed by atoms with Gasteiger partial charge in [0.05, 0.1) is 5.54 Å². The maximum absolute atomic E-state index is 12.8. The van der Waals surface area contributed by atoms with Crippen LogP contribution in [0.2, 0.25) is 0 Å². The first-order valence-corrected chi connectivity index (χ1v) is 7.76. The molecule has 2 fully saturated rings. The lowest BCUT2D eigenvalue weighted by Gasteiger charge is -2.38. The van der Waals surface area contributed by atoms with E-state index < -0.39 is 0 Å². The van der Waals surface area contributed by atoms with Crippen molar-refractivity contribution in [3.63, 3.8) is 0 Å². The standard InChI is InChI=1S/C15H28N2O/c1-3-9-15(10-6-11-16-15)14(18)17(4-2)12-13-7-5-8-13/h13,16H,3-12H2,1-2H3. The minimum absolute atomic E-state index is 0.228. The minimum atomic E-state index is -0.228. The number of carbonyl (C=O) groups excluding carboxylic acids is 1. The second-order valence-corrected chi connectivity index (χ2v) is 6.00. The van der Waals surface area contributed by atoms with E-state index in [1.165, 1.54) is 19.3 Å². The minimum Gasteiger partial charge on any atom is -0.341 e. The van der Waals surface area contributed by atoms with Crippen LogP contribution >= 0.6 is 0 Å². The molecular weight excluding hydrogens is 224 g/mol. The Bertz CT molecular complexity index is 280. The summed E-state index contributed by atoms with van der Waals surface area (Å²) in [6.07, 6.45) is 8.24. The molecule has 2 aliphatic rings. The quantitative estimate of drug-likeness (QED) is 0.788. The van der Waals surface area contributed by atoms with Crippen LogP contribution in [0.4, 0.5) is 0 Å². The molecule has 18 heavy (non-hydrogen) atoms. The van der Waals surface area contributed by atoms with Crippen molar-refractivity contribution in [1.29, 1.82) is 0 Å². The van der Waals surface area contributed by atoms with Crippen LogP contribution in [0.3, 0.4) is 0 Å². The summed E-state index contributed by atoms with van der Waals surface area (Å²) in [5.41, 5.74) is -0.228. The molecule has 1 saturated carbocycles. The van der Waals surface area contributed by atoms with Crippen molar-refractivity contribution in [2.24, 2.45) is 5.92 Å². The van der Waals surface area contributed by atoms with Gasteiger partial charge in [0.2, 0.25) is 5.91 Å². The first-order valence-electron chi connectivity index (χ1n) is 7.76. The van der Waals surface area contributed by atoms with Crippen molar-refractivity contribution < 1.29 is 4.79 Å². The molecule has 1 unspecified atom stereocenters. The highest BCUT2D eigenvalue weighted by atomic mass is 16.2. The van der Waals surface area contributed by atoms with Gasteiger partial charge in [-0.3, -0.25) is 4.79 Å². The largest absolute Gasteiger partial charge is 0.341 e. The van der Waals surface area contributed by atoms with Gasteiger partial charge >= 0.3 is 0 Å². The van der Waals surface area contributed by atoms with Crippen LogP contribution in [0.25, 0.3) is 0 Å². The lowest BCUT2D eigenvalue weighted by molar-refractivity contribution is -0.139. The average Bonchev–Trinajstić information content (AvgIpc) is 2.78. The van der Waals surface area contributed by atoms with Crippen LogP contribution in [0.1, 0.15) is 58.8 Å². The molecule has 3 nitrogen and oxygen atoms in total. The Morgan fingerprint density at radius 2 is 2.11 bits per heavy atom. The maximum Gasteiger partial charge on any atom is 0.242 e. The van der Waals surface area contributed by atoms with E-state index in [1.807, 2.05) is 0 Å². The highest BCUT2D eigenvalue weighted by Gasteiger charge is 2.42. The molecule has 0 spiro atoms. The smallest absolute Gasteiger partial charge is 0.242 e. The summed E-state index contributed by atoms with van der Waals surface area (Å²) in [5, 5.41) is 3.50. The van der Waals surface area contributed by atoms with Crippen LogP contribution in [-0.4, -0.2) is 36.0 Å². The molecule has 1 N–H and O–H groups in total. The Balaban J connectivity index is 2.00. The first kappa shape index (κ1) is 13.9. The molecule has 1 saturated heterocycles. The number of rotatable bonds is 6. The van der Waals surface area contributed by atoms with Crippen molar-refractivity contribution in [3.05, 3.63) is 0 Å². The maximum atomic E-state index is 12.8. The summed E-state index contributed by atoms with van der Waals surface area (Å²) >= 11 is 0. The molecule has 1 amide bonds. The fraction of sp³-hybridized carbons (Fsp3) is 0.933. The van der Waals surface area contributed by atoms with Crippen LogP contribution in [-0.2, 0) is 4.79 Å². The van der Waals surface area contributed by atoms with E-state index in [0.29, 0.717) is 5.91 Å². The molecule has 0 aromatic carbocycles. The van der Waals surface area contributed by atoms with Gasteiger partial charge in [-0.15, -0.1) is 0 Å². The van der Waals surface area contributed by atoms with Crippen LogP contribution in [0.5, 0.6) is 0 Å². The number of carbonyl (C=O) groups is 1. The number of hydrogen-bond donors (Lipinski definition) is 1. The van der Waals surface area contributed by atoms with E-state index in [-0.39, 0.29) is 5.54 Å². The fourth-order valence-corrected chi connectivity index (χ4v) is 3.38. The van der Waals surface area contributed by atoms with Gasteiger partial charge in [0.15, 0.2) is 0 Å². The van der Waals surface area contributed by atoms with E-state index in [9.17, 15) is 4.79 Å². The van der Waals surface area contributed by atoms with Gasteiger partial charge in [-0.25, -0.2) is 0 Å². The molecule has 1 atom stereocenters. The molecular formula is C15H28N2O. The van der Waals surface area contributed by atoms with Crippen molar-refractivity contribution in [2.75, 3.05) is 19.6 Å². The molecule has 0 bridgehead atoms. The number of nitrogens with one attached hydrogen (secondary N) is 1. The molecule has 0 radical (unpaired) electrons. The Morgan fingerprint density at radius 1 is 1.33 bits per heavy atom. The van der Waals surface area contributed by atoms with Gasteiger partial charge in [-0.2, -0.15) is 0 Å². The monoisotopic (exact) mass is 252 g/mol. The first-order chi connectivity index (χ1) is 8.72. The average molecular weight is 252 g/mol. The van der Waals surface area contributed by atoms with E-state index in [2.05, 4.69) is 24.1 Å². The van der Waals surface area contributed by atoms with E-state index in [1.54, 1.807) is 0 Å². The van der Waals surface area contributed by atoms with Gasteiger partial charge in [0, 0.05) is 13.1 Å². The predicted molar refractivity (Wildman–Crippen MR) is 74.5 cm³/mol. The van der Waals surface area contributed by atoms with Crippen LogP contribution in [0.15, 0.2) is 0 Å². The van der Waals surface area contributed by atoms with Gasteiger partial charge in [0.25, 0.3) is 0 Å². The lowest BCUT2D eigenvalue weighted by atomic mass is 9.84. The van der Waals surface area contributed by atoms with Crippen molar-refractivity contribution >= 4 is 5.91 Å². The summed E-state index contributed by atoms with van der Waals surface area (Å²) in [4.78, 5) is 14.9. The second-order valence-electron chi connectivity index (χ2n) is 6.00. The van der Waals surface area contributed by atoms with Crippen LogP contribution in [0, 0.1) is 5.92 Å². The molecule has 2 rings (SSSR count). The van der Waals surface area contributed by atoms with Gasteiger partial charge in [0.1, 0.15) is 0 Å². The Hall–Kier alpha value is -0.570. The molecule has 0 aromatic heterocycles. The zero-order valence-electron chi connectivity index (χ0n) is 12.0. The molecule has 3 heteroatoms. The Labute approximate surface area is 111 Å². The third-order valence-corrected chi connectivity index (χ3v) is 4.70. The number of amides is 1. The zero-order valence-corrected chi connectivity index (χ0v) is 12.0. The number of likely N-dealkylation sites (N-methyl/N-ethyl adjacent to an activating group) is 1. The lowest BCUT2D eigenvalue weighted by Crippen LogP contribution is -2.56. The Kier molecular flexibility index (Phi) is 4.66. The van der Waals surface area contributed by atoms with E-state index in [4.69, 9.17) is 0 Å². The van der Waals surface area contributed by atoms with Crippen LogP contribution < -0.4 is 5.32 Å². The summed E-state index contributed by atoms with van der Waals surface area (Å²) in [6.45, 7) is 7.15. The molecule has 0 aromatic rings. The van der Waals surface area contributed by atoms with E-state index >= 15 is 0 Å². The summed E-state index contributed by atoms with van der Waals surface area (Å²) in [7, 11) is 0. The summed E-state index contributed by atoms with van der Waals surface area (Å²) < 4.78 is 0. The normalized spacial score (nSPS) is 28.1. The van der Waals surface area contributed by atoms with Gasteiger partial charge in [-0.05, 0) is 51.5 Å². The van der Waals surface area contributed by atoms with Gasteiger partial charge < -0.3 is 10.2 Å². The topological polar surface area (TPSA) is 32.3 Å². The molecule has 1 aliphatic heterocycles. The third-order valence-electron chi connectivity index (χ3n) is 4.70. The highest BCUT2D eigenvalue weighted by Crippen LogP contribution is 2.31. The summed E-state index contributed by atoms with van der Waals surface area (Å²) in [6, 6.07) is 0. The molecule has 1 aliphatic carbocycles.